The largest absolute Gasteiger partial charge is 0.464 e. The quantitative estimate of drug-likeness (QED) is 0.812. The first kappa shape index (κ1) is 14.6. The van der Waals surface area contributed by atoms with E-state index in [9.17, 15) is 9.59 Å². The Hall–Kier alpha value is -2.37. The molecule has 22 heavy (non-hydrogen) atoms. The number of ether oxygens (including phenoxy) is 1. The minimum Gasteiger partial charge on any atom is -0.464 e. The Morgan fingerprint density at radius 1 is 1.36 bits per heavy atom. The van der Waals surface area contributed by atoms with Gasteiger partial charge in [-0.15, -0.1) is 0 Å². The number of fused-ring (bicyclic) bond motifs is 1. The minimum atomic E-state index is -0.470. The maximum absolute atomic E-state index is 12.8. The normalized spacial score (nSPS) is 18.4. The summed E-state index contributed by atoms with van der Waals surface area (Å²) < 4.78 is 6.81. The maximum atomic E-state index is 12.8. The number of hydrogen-bond acceptors (Lipinski definition) is 4. The predicted octanol–water partition coefficient (Wildman–Crippen LogP) is 1.89. The van der Waals surface area contributed by atoms with E-state index >= 15 is 0 Å². The predicted molar refractivity (Wildman–Crippen MR) is 80.5 cm³/mol. The van der Waals surface area contributed by atoms with Crippen molar-refractivity contribution in [1.82, 2.24) is 14.5 Å². The molecule has 1 unspecified atom stereocenters. The van der Waals surface area contributed by atoms with Crippen molar-refractivity contribution < 1.29 is 14.3 Å². The van der Waals surface area contributed by atoms with Gasteiger partial charge in [0.1, 0.15) is 6.04 Å². The van der Waals surface area contributed by atoms with Crippen molar-refractivity contribution in [1.29, 1.82) is 0 Å². The summed E-state index contributed by atoms with van der Waals surface area (Å²) in [5.74, 6) is -0.428. The van der Waals surface area contributed by atoms with Gasteiger partial charge in [0.25, 0.3) is 5.91 Å². The monoisotopic (exact) mass is 301 g/mol. The van der Waals surface area contributed by atoms with Crippen molar-refractivity contribution in [3.8, 4) is 0 Å². The van der Waals surface area contributed by atoms with Gasteiger partial charge in [-0.1, -0.05) is 0 Å². The second kappa shape index (κ2) is 6.17. The highest BCUT2D eigenvalue weighted by atomic mass is 16.5. The summed E-state index contributed by atoms with van der Waals surface area (Å²) in [6.45, 7) is 2.70. The van der Waals surface area contributed by atoms with Gasteiger partial charge < -0.3 is 9.64 Å². The topological polar surface area (TPSA) is 63.9 Å². The molecule has 6 heteroatoms. The average Bonchev–Trinajstić information content (AvgIpc) is 3.02. The first-order valence-electron chi connectivity index (χ1n) is 7.61. The van der Waals surface area contributed by atoms with Crippen LogP contribution in [0.3, 0.4) is 0 Å². The number of likely N-dealkylation sites (tertiary alicyclic amines) is 1. The molecule has 2 aromatic rings. The molecule has 1 aliphatic rings. The van der Waals surface area contributed by atoms with Gasteiger partial charge in [0, 0.05) is 24.5 Å². The molecule has 0 spiro atoms. The molecular formula is C16H19N3O3. The molecular weight excluding hydrogens is 282 g/mol. The lowest BCUT2D eigenvalue weighted by Crippen LogP contribution is -2.48. The molecule has 116 valence electrons. The molecule has 0 bridgehead atoms. The van der Waals surface area contributed by atoms with Crippen molar-refractivity contribution in [2.75, 3.05) is 13.2 Å². The molecule has 3 heterocycles. The van der Waals surface area contributed by atoms with Crippen LogP contribution in [0.15, 0.2) is 30.6 Å². The molecule has 1 amide bonds. The van der Waals surface area contributed by atoms with Crippen LogP contribution in [0.2, 0.25) is 0 Å². The zero-order chi connectivity index (χ0) is 15.5. The SMILES string of the molecule is CCOC(=O)C1CCCCN1C(=O)c1ccn2nccc2c1. The smallest absolute Gasteiger partial charge is 0.328 e. The molecule has 6 nitrogen and oxygen atoms in total. The van der Waals surface area contributed by atoms with Crippen LogP contribution in [0.4, 0.5) is 0 Å². The number of carbonyl (C=O) groups is 2. The van der Waals surface area contributed by atoms with E-state index in [0.29, 0.717) is 25.1 Å². The van der Waals surface area contributed by atoms with Gasteiger partial charge in [-0.2, -0.15) is 5.10 Å². The Labute approximate surface area is 128 Å². The highest BCUT2D eigenvalue weighted by molar-refractivity contribution is 5.97. The first-order valence-corrected chi connectivity index (χ1v) is 7.61. The Balaban J connectivity index is 1.85. The number of rotatable bonds is 3. The highest BCUT2D eigenvalue weighted by Gasteiger charge is 2.33. The van der Waals surface area contributed by atoms with Crippen LogP contribution in [0.1, 0.15) is 36.5 Å². The Kier molecular flexibility index (Phi) is 4.09. The number of aromatic nitrogens is 2. The van der Waals surface area contributed by atoms with E-state index in [2.05, 4.69) is 5.10 Å². The fourth-order valence-corrected chi connectivity index (χ4v) is 2.88. The van der Waals surface area contributed by atoms with Gasteiger partial charge in [0.2, 0.25) is 0 Å². The van der Waals surface area contributed by atoms with Gasteiger partial charge in [-0.25, -0.2) is 9.31 Å². The number of hydrogen-bond donors (Lipinski definition) is 0. The van der Waals surface area contributed by atoms with Crippen molar-refractivity contribution in [3.63, 3.8) is 0 Å². The van der Waals surface area contributed by atoms with Crippen LogP contribution < -0.4 is 0 Å². The minimum absolute atomic E-state index is 0.124. The number of carbonyl (C=O) groups excluding carboxylic acids is 2. The van der Waals surface area contributed by atoms with Crippen molar-refractivity contribution >= 4 is 17.4 Å². The molecule has 1 atom stereocenters. The Bertz CT molecular complexity index is 695. The number of nitrogens with zero attached hydrogens (tertiary/aromatic N) is 3. The standard InChI is InChI=1S/C16H19N3O3/c1-2-22-16(21)14-5-3-4-9-18(14)15(20)12-7-10-19-13(11-12)6-8-17-19/h6-8,10-11,14H,2-5,9H2,1H3. The third kappa shape index (κ3) is 2.68. The average molecular weight is 301 g/mol. The summed E-state index contributed by atoms with van der Waals surface area (Å²) >= 11 is 0. The van der Waals surface area contributed by atoms with Crippen LogP contribution in [0, 0.1) is 0 Å². The summed E-state index contributed by atoms with van der Waals surface area (Å²) in [7, 11) is 0. The molecule has 0 aromatic carbocycles. The summed E-state index contributed by atoms with van der Waals surface area (Å²) in [6.07, 6.45) is 5.96. The van der Waals surface area contributed by atoms with E-state index < -0.39 is 6.04 Å². The second-order valence-corrected chi connectivity index (χ2v) is 5.38. The highest BCUT2D eigenvalue weighted by Crippen LogP contribution is 2.21. The van der Waals surface area contributed by atoms with Crippen LogP contribution >= 0.6 is 0 Å². The number of piperidine rings is 1. The fraction of sp³-hybridized carbons (Fsp3) is 0.438. The summed E-state index contributed by atoms with van der Waals surface area (Å²) in [5.41, 5.74) is 1.43. The van der Waals surface area contributed by atoms with E-state index in [4.69, 9.17) is 4.74 Å². The summed E-state index contributed by atoms with van der Waals surface area (Å²) in [4.78, 5) is 26.5. The zero-order valence-electron chi connectivity index (χ0n) is 12.6. The number of pyridine rings is 1. The summed E-state index contributed by atoms with van der Waals surface area (Å²) in [5, 5.41) is 4.12. The first-order chi connectivity index (χ1) is 10.7. The van der Waals surface area contributed by atoms with Crippen LogP contribution in [-0.4, -0.2) is 45.6 Å². The maximum Gasteiger partial charge on any atom is 0.328 e. The fourth-order valence-electron chi connectivity index (χ4n) is 2.88. The lowest BCUT2D eigenvalue weighted by atomic mass is 10.0. The number of amides is 1. The van der Waals surface area contributed by atoms with E-state index in [-0.39, 0.29) is 11.9 Å². The van der Waals surface area contributed by atoms with E-state index in [1.807, 2.05) is 6.07 Å². The van der Waals surface area contributed by atoms with Gasteiger partial charge in [-0.05, 0) is 44.4 Å². The molecule has 0 radical (unpaired) electrons. The van der Waals surface area contributed by atoms with E-state index in [0.717, 1.165) is 18.4 Å². The Morgan fingerprint density at radius 2 is 2.23 bits per heavy atom. The number of esters is 1. The third-order valence-corrected chi connectivity index (χ3v) is 3.97. The van der Waals surface area contributed by atoms with Crippen molar-refractivity contribution in [2.45, 2.75) is 32.2 Å². The molecule has 0 saturated carbocycles. The molecule has 1 saturated heterocycles. The molecule has 0 N–H and O–H groups in total. The van der Waals surface area contributed by atoms with Crippen LogP contribution in [-0.2, 0) is 9.53 Å². The molecule has 1 aliphatic heterocycles. The van der Waals surface area contributed by atoms with E-state index in [1.54, 1.807) is 40.9 Å². The van der Waals surface area contributed by atoms with Gasteiger partial charge in [0.15, 0.2) is 0 Å². The van der Waals surface area contributed by atoms with Gasteiger partial charge in [-0.3, -0.25) is 4.79 Å². The molecule has 3 rings (SSSR count). The molecule has 0 aliphatic carbocycles. The van der Waals surface area contributed by atoms with Gasteiger partial charge in [0.05, 0.1) is 12.1 Å². The lowest BCUT2D eigenvalue weighted by molar-refractivity contribution is -0.149. The van der Waals surface area contributed by atoms with Crippen LogP contribution in [0.25, 0.3) is 5.52 Å². The second-order valence-electron chi connectivity index (χ2n) is 5.38. The lowest BCUT2D eigenvalue weighted by Gasteiger charge is -2.34. The molecule has 2 aromatic heterocycles. The van der Waals surface area contributed by atoms with Crippen molar-refractivity contribution in [2.24, 2.45) is 0 Å². The van der Waals surface area contributed by atoms with Crippen LogP contribution in [0.5, 0.6) is 0 Å². The zero-order valence-corrected chi connectivity index (χ0v) is 12.6. The van der Waals surface area contributed by atoms with E-state index in [1.165, 1.54) is 0 Å². The molecule has 1 fully saturated rings. The third-order valence-electron chi connectivity index (χ3n) is 3.97. The van der Waals surface area contributed by atoms with Crippen molar-refractivity contribution in [3.05, 3.63) is 36.2 Å². The summed E-state index contributed by atoms with van der Waals surface area (Å²) in [6, 6.07) is 4.91. The Morgan fingerprint density at radius 3 is 3.05 bits per heavy atom. The van der Waals surface area contributed by atoms with Gasteiger partial charge >= 0.3 is 5.97 Å².